The minimum absolute atomic E-state index is 0.146. The van der Waals surface area contributed by atoms with Crippen LogP contribution in [0.25, 0.3) is 0 Å². The van der Waals surface area contributed by atoms with E-state index < -0.39 is 5.82 Å². The maximum Gasteiger partial charge on any atom is 0.281 e. The molecule has 3 nitrogen and oxygen atoms in total. The molecule has 1 amide bonds. The van der Waals surface area contributed by atoms with Gasteiger partial charge in [-0.15, -0.1) is 11.3 Å². The Morgan fingerprint density at radius 2 is 2.26 bits per heavy atom. The van der Waals surface area contributed by atoms with Crippen molar-refractivity contribution < 1.29 is 9.18 Å². The summed E-state index contributed by atoms with van der Waals surface area (Å²) >= 11 is 7.15. The summed E-state index contributed by atoms with van der Waals surface area (Å²) in [6, 6.07) is 6.18. The summed E-state index contributed by atoms with van der Waals surface area (Å²) in [5, 5.41) is 5.78. The van der Waals surface area contributed by atoms with Gasteiger partial charge in [0.2, 0.25) is 0 Å². The Morgan fingerprint density at radius 3 is 2.89 bits per heavy atom. The second-order valence-electron chi connectivity index (χ2n) is 3.77. The van der Waals surface area contributed by atoms with E-state index in [1.807, 2.05) is 18.4 Å². The molecule has 1 heterocycles. The first kappa shape index (κ1) is 13.7. The number of carbonyl (C=O) groups is 1. The number of hydrazone groups is 1. The molecule has 2 aromatic rings. The lowest BCUT2D eigenvalue weighted by molar-refractivity contribution is 0.0958. The van der Waals surface area contributed by atoms with Crippen LogP contribution in [0, 0.1) is 12.7 Å². The Labute approximate surface area is 118 Å². The van der Waals surface area contributed by atoms with Gasteiger partial charge in [0.05, 0.1) is 16.1 Å². The number of nitrogens with zero attached hydrogens (tertiary/aromatic N) is 1. The first-order valence-corrected chi connectivity index (χ1v) is 6.67. The quantitative estimate of drug-likeness (QED) is 0.682. The van der Waals surface area contributed by atoms with Crippen LogP contribution in [0.2, 0.25) is 5.02 Å². The highest BCUT2D eigenvalue weighted by atomic mass is 35.5. The standard InChI is InChI=1S/C13H10ClFN2OS/c1-8-5-6-19-12(8)13(18)17-16-7-9-10(14)3-2-4-11(9)15/h2-7H,1H3,(H,17,18)/b16-7-. The van der Waals surface area contributed by atoms with E-state index in [4.69, 9.17) is 11.6 Å². The third kappa shape index (κ3) is 3.19. The molecule has 0 radical (unpaired) electrons. The number of hydrogen-bond acceptors (Lipinski definition) is 3. The van der Waals surface area contributed by atoms with Gasteiger partial charge in [-0.3, -0.25) is 4.79 Å². The maximum atomic E-state index is 13.4. The lowest BCUT2D eigenvalue weighted by Gasteiger charge is -2.00. The highest BCUT2D eigenvalue weighted by molar-refractivity contribution is 7.12. The minimum Gasteiger partial charge on any atom is -0.266 e. The van der Waals surface area contributed by atoms with Crippen molar-refractivity contribution in [3.63, 3.8) is 0 Å². The molecule has 0 unspecified atom stereocenters. The fraction of sp³-hybridized carbons (Fsp3) is 0.0769. The predicted octanol–water partition coefficient (Wildman–Crippen LogP) is 3.61. The van der Waals surface area contributed by atoms with E-state index in [1.54, 1.807) is 6.07 Å². The number of halogens is 2. The Bertz CT molecular complexity index is 619. The van der Waals surface area contributed by atoms with Gasteiger partial charge in [-0.2, -0.15) is 5.10 Å². The van der Waals surface area contributed by atoms with Crippen LogP contribution in [0.3, 0.4) is 0 Å². The Balaban J connectivity index is 2.09. The van der Waals surface area contributed by atoms with Gasteiger partial charge < -0.3 is 0 Å². The molecule has 0 aliphatic rings. The van der Waals surface area contributed by atoms with Crippen LogP contribution in [-0.2, 0) is 0 Å². The molecule has 0 atom stereocenters. The summed E-state index contributed by atoms with van der Waals surface area (Å²) < 4.78 is 13.4. The van der Waals surface area contributed by atoms with Crippen molar-refractivity contribution in [3.8, 4) is 0 Å². The van der Waals surface area contributed by atoms with Gasteiger partial charge in [0, 0.05) is 5.56 Å². The lowest BCUT2D eigenvalue weighted by atomic mass is 10.2. The van der Waals surface area contributed by atoms with E-state index >= 15 is 0 Å². The molecule has 0 fully saturated rings. The van der Waals surface area contributed by atoms with E-state index in [-0.39, 0.29) is 16.5 Å². The van der Waals surface area contributed by atoms with Gasteiger partial charge in [-0.1, -0.05) is 17.7 Å². The lowest BCUT2D eigenvalue weighted by Crippen LogP contribution is -2.17. The van der Waals surface area contributed by atoms with Crippen LogP contribution in [-0.4, -0.2) is 12.1 Å². The monoisotopic (exact) mass is 296 g/mol. The largest absolute Gasteiger partial charge is 0.281 e. The SMILES string of the molecule is Cc1ccsc1C(=O)N/N=C\c1c(F)cccc1Cl. The Hall–Kier alpha value is -1.72. The second-order valence-corrected chi connectivity index (χ2v) is 5.09. The molecule has 1 aromatic carbocycles. The zero-order chi connectivity index (χ0) is 13.8. The molecule has 0 spiro atoms. The summed E-state index contributed by atoms with van der Waals surface area (Å²) in [7, 11) is 0. The van der Waals surface area contributed by atoms with Crippen LogP contribution in [0.4, 0.5) is 4.39 Å². The van der Waals surface area contributed by atoms with Crippen molar-refractivity contribution in [1.29, 1.82) is 0 Å². The zero-order valence-corrected chi connectivity index (χ0v) is 11.6. The van der Waals surface area contributed by atoms with E-state index in [9.17, 15) is 9.18 Å². The number of carbonyl (C=O) groups excluding carboxylic acids is 1. The van der Waals surface area contributed by atoms with Crippen molar-refractivity contribution in [1.82, 2.24) is 5.43 Å². The highest BCUT2D eigenvalue weighted by Gasteiger charge is 2.09. The summed E-state index contributed by atoms with van der Waals surface area (Å²) in [5.74, 6) is -0.811. The molecule has 98 valence electrons. The minimum atomic E-state index is -0.488. The predicted molar refractivity (Wildman–Crippen MR) is 75.5 cm³/mol. The highest BCUT2D eigenvalue weighted by Crippen LogP contribution is 2.17. The van der Waals surface area contributed by atoms with Gasteiger partial charge in [-0.25, -0.2) is 9.82 Å². The third-order valence-electron chi connectivity index (χ3n) is 2.43. The van der Waals surface area contributed by atoms with Crippen LogP contribution < -0.4 is 5.43 Å². The molecular formula is C13H10ClFN2OS. The number of hydrogen-bond donors (Lipinski definition) is 1. The van der Waals surface area contributed by atoms with Crippen molar-refractivity contribution in [3.05, 3.63) is 56.5 Å². The fourth-order valence-corrected chi connectivity index (χ4v) is 2.47. The summed E-state index contributed by atoms with van der Waals surface area (Å²) in [6.45, 7) is 1.84. The first-order chi connectivity index (χ1) is 9.09. The smallest absolute Gasteiger partial charge is 0.266 e. The zero-order valence-electron chi connectivity index (χ0n) is 9.98. The summed E-state index contributed by atoms with van der Waals surface area (Å²) in [5.41, 5.74) is 3.37. The molecule has 0 aliphatic heterocycles. The third-order valence-corrected chi connectivity index (χ3v) is 3.77. The average molecular weight is 297 g/mol. The average Bonchev–Trinajstić information content (AvgIpc) is 2.79. The topological polar surface area (TPSA) is 41.5 Å². The molecule has 0 saturated carbocycles. The van der Waals surface area contributed by atoms with Gasteiger partial charge >= 0.3 is 0 Å². The number of aryl methyl sites for hydroxylation is 1. The fourth-order valence-electron chi connectivity index (χ4n) is 1.45. The van der Waals surface area contributed by atoms with E-state index in [0.29, 0.717) is 4.88 Å². The molecule has 0 saturated heterocycles. The molecule has 19 heavy (non-hydrogen) atoms. The first-order valence-electron chi connectivity index (χ1n) is 5.41. The number of nitrogens with one attached hydrogen (secondary N) is 1. The van der Waals surface area contributed by atoms with E-state index in [1.165, 1.54) is 29.7 Å². The number of thiophene rings is 1. The molecule has 1 N–H and O–H groups in total. The molecule has 1 aromatic heterocycles. The summed E-state index contributed by atoms with van der Waals surface area (Å²) in [4.78, 5) is 12.3. The molecule has 6 heteroatoms. The number of amides is 1. The maximum absolute atomic E-state index is 13.4. The van der Waals surface area contributed by atoms with Crippen LogP contribution in [0.15, 0.2) is 34.7 Å². The van der Waals surface area contributed by atoms with Gasteiger partial charge in [-0.05, 0) is 36.1 Å². The Kier molecular flexibility index (Phi) is 4.29. The van der Waals surface area contributed by atoms with E-state index in [0.717, 1.165) is 5.56 Å². The number of benzene rings is 1. The normalized spacial score (nSPS) is 10.9. The van der Waals surface area contributed by atoms with Crippen LogP contribution >= 0.6 is 22.9 Å². The molecular weight excluding hydrogens is 287 g/mol. The van der Waals surface area contributed by atoms with Gasteiger partial charge in [0.25, 0.3) is 5.91 Å². The molecule has 2 rings (SSSR count). The van der Waals surface area contributed by atoms with Crippen molar-refractivity contribution in [2.75, 3.05) is 0 Å². The number of rotatable bonds is 3. The van der Waals surface area contributed by atoms with Crippen molar-refractivity contribution >= 4 is 35.1 Å². The molecule has 0 aliphatic carbocycles. The van der Waals surface area contributed by atoms with Gasteiger partial charge in [0.1, 0.15) is 5.82 Å². The Morgan fingerprint density at radius 1 is 1.47 bits per heavy atom. The molecule has 0 bridgehead atoms. The van der Waals surface area contributed by atoms with Crippen LogP contribution in [0.5, 0.6) is 0 Å². The van der Waals surface area contributed by atoms with Gasteiger partial charge in [0.15, 0.2) is 0 Å². The van der Waals surface area contributed by atoms with Crippen molar-refractivity contribution in [2.45, 2.75) is 6.92 Å². The van der Waals surface area contributed by atoms with Crippen LogP contribution in [0.1, 0.15) is 20.8 Å². The second kappa shape index (κ2) is 5.95. The van der Waals surface area contributed by atoms with Crippen molar-refractivity contribution in [2.24, 2.45) is 5.10 Å². The van der Waals surface area contributed by atoms with E-state index in [2.05, 4.69) is 10.5 Å². The summed E-state index contributed by atoms with van der Waals surface area (Å²) in [6.07, 6.45) is 1.19.